The Bertz CT molecular complexity index is 670. The predicted octanol–water partition coefficient (Wildman–Crippen LogP) is 3.83. The molecule has 0 aromatic heterocycles. The minimum absolute atomic E-state index is 0.0652. The predicted molar refractivity (Wildman–Crippen MR) is 84.7 cm³/mol. The summed E-state index contributed by atoms with van der Waals surface area (Å²) in [6, 6.07) is 13.2. The number of para-hydroxylation sites is 1. The van der Waals surface area contributed by atoms with Crippen LogP contribution in [-0.4, -0.2) is 19.1 Å². The lowest BCUT2D eigenvalue weighted by atomic mass is 10.1. The van der Waals surface area contributed by atoms with Gasteiger partial charge in [0.05, 0.1) is 12.3 Å². The van der Waals surface area contributed by atoms with E-state index in [1.807, 2.05) is 54.3 Å². The van der Waals surface area contributed by atoms with Crippen molar-refractivity contribution in [3.63, 3.8) is 0 Å². The molecule has 0 unspecified atom stereocenters. The molecule has 0 spiro atoms. The average molecular weight is 303 g/mol. The number of nitrogens with one attached hydrogen (secondary N) is 1. The number of anilines is 3. The number of hydrogen-bond donors (Lipinski definition) is 1. The standard InChI is InChI=1S/C16H15ClN2O2/c1-2-21-14-5-3-4-13-16(14)18-15(20)10-19(13)12-8-6-11(17)7-9-12/h3-9H,2,10H2,1H3,(H,18,20). The molecular formula is C16H15ClN2O2. The summed E-state index contributed by atoms with van der Waals surface area (Å²) in [4.78, 5) is 13.9. The van der Waals surface area contributed by atoms with E-state index in [0.29, 0.717) is 23.1 Å². The number of benzene rings is 2. The van der Waals surface area contributed by atoms with E-state index < -0.39 is 0 Å². The molecule has 5 heteroatoms. The molecule has 1 heterocycles. The molecule has 3 rings (SSSR count). The Hall–Kier alpha value is -2.20. The van der Waals surface area contributed by atoms with Crippen molar-refractivity contribution < 1.29 is 9.53 Å². The number of ether oxygens (including phenoxy) is 1. The smallest absolute Gasteiger partial charge is 0.244 e. The quantitative estimate of drug-likeness (QED) is 0.937. The molecule has 108 valence electrons. The third-order valence-corrected chi connectivity index (χ3v) is 3.55. The molecule has 1 aliphatic rings. The first-order valence-corrected chi connectivity index (χ1v) is 7.15. The van der Waals surface area contributed by atoms with E-state index in [4.69, 9.17) is 16.3 Å². The van der Waals surface area contributed by atoms with Crippen molar-refractivity contribution in [1.82, 2.24) is 0 Å². The molecule has 4 nitrogen and oxygen atoms in total. The molecular weight excluding hydrogens is 288 g/mol. The summed E-state index contributed by atoms with van der Waals surface area (Å²) in [6.45, 7) is 2.73. The molecule has 1 aliphatic heterocycles. The van der Waals surface area contributed by atoms with Crippen molar-refractivity contribution in [2.75, 3.05) is 23.4 Å². The molecule has 0 saturated carbocycles. The lowest BCUT2D eigenvalue weighted by Gasteiger charge is -2.31. The zero-order chi connectivity index (χ0) is 14.8. The highest BCUT2D eigenvalue weighted by Gasteiger charge is 2.25. The summed E-state index contributed by atoms with van der Waals surface area (Å²) in [5.41, 5.74) is 2.55. The third-order valence-electron chi connectivity index (χ3n) is 3.30. The Balaban J connectivity index is 2.07. The van der Waals surface area contributed by atoms with Gasteiger partial charge in [-0.1, -0.05) is 17.7 Å². The molecule has 0 fully saturated rings. The summed E-state index contributed by atoms with van der Waals surface area (Å²) in [6.07, 6.45) is 0. The Morgan fingerprint density at radius 2 is 2.00 bits per heavy atom. The first-order chi connectivity index (χ1) is 10.2. The van der Waals surface area contributed by atoms with Crippen molar-refractivity contribution in [2.45, 2.75) is 6.92 Å². The van der Waals surface area contributed by atoms with E-state index in [1.54, 1.807) is 0 Å². The largest absolute Gasteiger partial charge is 0.492 e. The van der Waals surface area contributed by atoms with Crippen LogP contribution in [0.5, 0.6) is 5.75 Å². The maximum absolute atomic E-state index is 12.0. The molecule has 1 N–H and O–H groups in total. The second kappa shape index (κ2) is 5.66. The number of halogens is 1. The van der Waals surface area contributed by atoms with Gasteiger partial charge in [0.2, 0.25) is 5.91 Å². The van der Waals surface area contributed by atoms with Gasteiger partial charge in [0.25, 0.3) is 0 Å². The van der Waals surface area contributed by atoms with Gasteiger partial charge in [-0.15, -0.1) is 0 Å². The average Bonchev–Trinajstić information content (AvgIpc) is 2.48. The Labute approximate surface area is 128 Å². The zero-order valence-corrected chi connectivity index (χ0v) is 12.4. The van der Waals surface area contributed by atoms with E-state index in [9.17, 15) is 4.79 Å². The van der Waals surface area contributed by atoms with Crippen LogP contribution in [-0.2, 0) is 4.79 Å². The van der Waals surface area contributed by atoms with Gasteiger partial charge < -0.3 is 15.0 Å². The molecule has 2 aromatic rings. The fourth-order valence-electron chi connectivity index (χ4n) is 2.41. The number of carbonyl (C=O) groups excluding carboxylic acids is 1. The lowest BCUT2D eigenvalue weighted by Crippen LogP contribution is -2.35. The molecule has 0 aliphatic carbocycles. The van der Waals surface area contributed by atoms with Gasteiger partial charge in [0, 0.05) is 10.7 Å². The van der Waals surface area contributed by atoms with Gasteiger partial charge in [-0.05, 0) is 43.3 Å². The molecule has 21 heavy (non-hydrogen) atoms. The number of fused-ring (bicyclic) bond motifs is 1. The van der Waals surface area contributed by atoms with Gasteiger partial charge in [0.1, 0.15) is 18.0 Å². The van der Waals surface area contributed by atoms with E-state index in [1.165, 1.54) is 0 Å². The summed E-state index contributed by atoms with van der Waals surface area (Å²) in [5.74, 6) is 0.617. The van der Waals surface area contributed by atoms with Crippen LogP contribution in [0.25, 0.3) is 0 Å². The molecule has 0 bridgehead atoms. The Morgan fingerprint density at radius 1 is 1.24 bits per heavy atom. The minimum Gasteiger partial charge on any atom is -0.492 e. The van der Waals surface area contributed by atoms with E-state index >= 15 is 0 Å². The van der Waals surface area contributed by atoms with Gasteiger partial charge in [0.15, 0.2) is 0 Å². The van der Waals surface area contributed by atoms with Crippen molar-refractivity contribution in [1.29, 1.82) is 0 Å². The molecule has 2 aromatic carbocycles. The summed E-state index contributed by atoms with van der Waals surface area (Å²) in [7, 11) is 0. The van der Waals surface area contributed by atoms with Gasteiger partial charge in [-0.2, -0.15) is 0 Å². The third kappa shape index (κ3) is 2.67. The van der Waals surface area contributed by atoms with Crippen LogP contribution in [0.4, 0.5) is 17.1 Å². The molecule has 0 atom stereocenters. The van der Waals surface area contributed by atoms with Gasteiger partial charge in [-0.25, -0.2) is 0 Å². The van der Waals surface area contributed by atoms with Gasteiger partial charge >= 0.3 is 0 Å². The van der Waals surface area contributed by atoms with E-state index in [0.717, 1.165) is 11.4 Å². The van der Waals surface area contributed by atoms with Crippen LogP contribution in [0.1, 0.15) is 6.92 Å². The van der Waals surface area contributed by atoms with Crippen LogP contribution >= 0.6 is 11.6 Å². The van der Waals surface area contributed by atoms with Crippen molar-refractivity contribution in [2.24, 2.45) is 0 Å². The summed E-state index contributed by atoms with van der Waals surface area (Å²) >= 11 is 5.93. The molecule has 1 amide bonds. The Morgan fingerprint density at radius 3 is 2.71 bits per heavy atom. The van der Waals surface area contributed by atoms with E-state index in [-0.39, 0.29) is 12.5 Å². The monoisotopic (exact) mass is 302 g/mol. The number of hydrogen-bond acceptors (Lipinski definition) is 3. The van der Waals surface area contributed by atoms with E-state index in [2.05, 4.69) is 5.32 Å². The zero-order valence-electron chi connectivity index (χ0n) is 11.6. The topological polar surface area (TPSA) is 41.6 Å². The van der Waals surface area contributed by atoms with Crippen molar-refractivity contribution in [3.8, 4) is 5.75 Å². The summed E-state index contributed by atoms with van der Waals surface area (Å²) in [5, 5.41) is 3.56. The molecule has 0 radical (unpaired) electrons. The number of carbonyl (C=O) groups is 1. The highest BCUT2D eigenvalue weighted by molar-refractivity contribution is 6.30. The number of nitrogens with zero attached hydrogens (tertiary/aromatic N) is 1. The molecule has 0 saturated heterocycles. The maximum atomic E-state index is 12.0. The second-order valence-corrected chi connectivity index (χ2v) is 5.13. The van der Waals surface area contributed by atoms with Crippen molar-refractivity contribution in [3.05, 3.63) is 47.5 Å². The minimum atomic E-state index is -0.0652. The normalized spacial score (nSPS) is 13.6. The van der Waals surface area contributed by atoms with Crippen molar-refractivity contribution >= 4 is 34.6 Å². The maximum Gasteiger partial charge on any atom is 0.244 e. The highest BCUT2D eigenvalue weighted by atomic mass is 35.5. The lowest BCUT2D eigenvalue weighted by molar-refractivity contribution is -0.115. The first kappa shape index (κ1) is 13.8. The fourth-order valence-corrected chi connectivity index (χ4v) is 2.53. The highest BCUT2D eigenvalue weighted by Crippen LogP contribution is 2.41. The van der Waals surface area contributed by atoms with Crippen LogP contribution in [0, 0.1) is 0 Å². The summed E-state index contributed by atoms with van der Waals surface area (Å²) < 4.78 is 5.59. The SMILES string of the molecule is CCOc1cccc2c1NC(=O)CN2c1ccc(Cl)cc1. The van der Waals surface area contributed by atoms with Crippen LogP contribution < -0.4 is 15.0 Å². The number of rotatable bonds is 3. The van der Waals surface area contributed by atoms with Crippen LogP contribution in [0.2, 0.25) is 5.02 Å². The van der Waals surface area contributed by atoms with Gasteiger partial charge in [-0.3, -0.25) is 4.79 Å². The number of amides is 1. The second-order valence-electron chi connectivity index (χ2n) is 4.69. The fraction of sp³-hybridized carbons (Fsp3) is 0.188. The van der Waals surface area contributed by atoms with Crippen LogP contribution in [0.15, 0.2) is 42.5 Å². The van der Waals surface area contributed by atoms with Crippen LogP contribution in [0.3, 0.4) is 0 Å². The Kier molecular flexibility index (Phi) is 3.71. The first-order valence-electron chi connectivity index (χ1n) is 6.78.